The molecule has 1 aliphatic heterocycles. The second-order valence-electron chi connectivity index (χ2n) is 2.47. The fourth-order valence-electron chi connectivity index (χ4n) is 0.894. The monoisotopic (exact) mass is 203 g/mol. The largest absolute Gasteiger partial charge is 0.494 e. The van der Waals surface area contributed by atoms with Crippen LogP contribution in [0.2, 0.25) is 0 Å². The summed E-state index contributed by atoms with van der Waals surface area (Å²) in [5.74, 6) is 0.977. The zero-order chi connectivity index (χ0) is 9.68. The molecular formula is C8H13NO3S. The van der Waals surface area contributed by atoms with E-state index in [0.717, 1.165) is 5.75 Å². The van der Waals surface area contributed by atoms with Crippen molar-refractivity contribution in [3.8, 4) is 0 Å². The van der Waals surface area contributed by atoms with Crippen LogP contribution >= 0.6 is 11.8 Å². The lowest BCUT2D eigenvalue weighted by Gasteiger charge is -2.18. The van der Waals surface area contributed by atoms with E-state index in [-0.39, 0.29) is 0 Å². The highest BCUT2D eigenvalue weighted by atomic mass is 32.2. The summed E-state index contributed by atoms with van der Waals surface area (Å²) in [6.45, 7) is 2.69. The van der Waals surface area contributed by atoms with E-state index in [1.807, 2.05) is 0 Å². The van der Waals surface area contributed by atoms with Gasteiger partial charge in [0.2, 0.25) is 0 Å². The van der Waals surface area contributed by atoms with Gasteiger partial charge in [0.05, 0.1) is 13.2 Å². The van der Waals surface area contributed by atoms with Crippen LogP contribution in [0.5, 0.6) is 0 Å². The number of hydrogen-bond acceptors (Lipinski definition) is 5. The molecule has 0 aromatic rings. The second-order valence-corrected chi connectivity index (χ2v) is 3.45. The molecule has 1 atom stereocenters. The van der Waals surface area contributed by atoms with Crippen molar-refractivity contribution in [2.45, 2.75) is 13.0 Å². The van der Waals surface area contributed by atoms with Crippen LogP contribution in [-0.2, 0) is 14.3 Å². The first-order chi connectivity index (χ1) is 6.25. The molecule has 13 heavy (non-hydrogen) atoms. The third-order valence-electron chi connectivity index (χ3n) is 1.52. The van der Waals surface area contributed by atoms with Crippen molar-refractivity contribution in [3.05, 3.63) is 11.2 Å². The lowest BCUT2D eigenvalue weighted by Crippen LogP contribution is -2.36. The zero-order valence-electron chi connectivity index (χ0n) is 7.49. The number of thioether (sulfide) groups is 1. The smallest absolute Gasteiger partial charge is 0.330 e. The average molecular weight is 203 g/mol. The van der Waals surface area contributed by atoms with Crippen LogP contribution in [0.1, 0.15) is 6.92 Å². The molecule has 1 heterocycles. The maximum atomic E-state index is 11.2. The van der Waals surface area contributed by atoms with Gasteiger partial charge in [-0.3, -0.25) is 0 Å². The van der Waals surface area contributed by atoms with Crippen LogP contribution in [-0.4, -0.2) is 31.0 Å². The molecule has 0 spiro atoms. The van der Waals surface area contributed by atoms with Crippen molar-refractivity contribution < 1.29 is 14.3 Å². The van der Waals surface area contributed by atoms with Crippen LogP contribution in [0.15, 0.2) is 11.2 Å². The van der Waals surface area contributed by atoms with E-state index in [1.165, 1.54) is 0 Å². The molecule has 0 amide bonds. The first-order valence-corrected chi connectivity index (χ1v) is 5.17. The molecule has 0 aliphatic carbocycles. The fraction of sp³-hybridized carbons (Fsp3) is 0.625. The molecule has 0 bridgehead atoms. The van der Waals surface area contributed by atoms with Gasteiger partial charge in [-0.05, 0) is 6.92 Å². The molecule has 0 radical (unpaired) electrons. The summed E-state index contributed by atoms with van der Waals surface area (Å²) < 4.78 is 9.98. The number of nitrogens with two attached hydrogens (primary N) is 1. The summed E-state index contributed by atoms with van der Waals surface area (Å²) >= 11 is 1.59. The molecule has 2 N–H and O–H groups in total. The number of rotatable bonds is 3. The summed E-state index contributed by atoms with van der Waals surface area (Å²) in [5.41, 5.74) is 5.60. The Balaban J connectivity index is 2.50. The number of ether oxygens (including phenoxy) is 2. The second kappa shape index (κ2) is 5.14. The Labute approximate surface area is 81.5 Å². The molecule has 0 aromatic heterocycles. The molecule has 5 heteroatoms. The van der Waals surface area contributed by atoms with Crippen molar-refractivity contribution >= 4 is 17.7 Å². The number of carbonyl (C=O) groups is 1. The minimum absolute atomic E-state index is 0.340. The highest BCUT2D eigenvalue weighted by Crippen LogP contribution is 2.17. The van der Waals surface area contributed by atoms with Crippen molar-refractivity contribution in [3.63, 3.8) is 0 Å². The Bertz CT molecular complexity index is 217. The van der Waals surface area contributed by atoms with Crippen molar-refractivity contribution in [1.29, 1.82) is 0 Å². The number of hydrogen-bond donors (Lipinski definition) is 1. The summed E-state index contributed by atoms with van der Waals surface area (Å²) in [7, 11) is 0. The van der Waals surface area contributed by atoms with E-state index in [4.69, 9.17) is 15.2 Å². The van der Waals surface area contributed by atoms with Crippen molar-refractivity contribution in [2.75, 3.05) is 19.0 Å². The summed E-state index contributed by atoms with van der Waals surface area (Å²) in [4.78, 5) is 11.2. The quantitative estimate of drug-likeness (QED) is 0.676. The standard InChI is InChI=1S/C8H13NO3S/c1-2-11-8(10)7(9)6-5-13-4-3-12-6/h5,7H,2-4,9H2,1H3. The first-order valence-electron chi connectivity index (χ1n) is 4.12. The molecule has 1 aliphatic rings. The highest BCUT2D eigenvalue weighted by Gasteiger charge is 2.22. The first kappa shape index (κ1) is 10.4. The van der Waals surface area contributed by atoms with Gasteiger partial charge in [0.25, 0.3) is 0 Å². The minimum Gasteiger partial charge on any atom is -0.494 e. The van der Waals surface area contributed by atoms with Gasteiger partial charge in [0, 0.05) is 11.2 Å². The van der Waals surface area contributed by atoms with Gasteiger partial charge in [-0.2, -0.15) is 0 Å². The van der Waals surface area contributed by atoms with E-state index in [9.17, 15) is 4.79 Å². The molecule has 0 saturated heterocycles. The molecule has 1 rings (SSSR count). The molecule has 1 unspecified atom stereocenters. The Kier molecular flexibility index (Phi) is 4.11. The SMILES string of the molecule is CCOC(=O)C(N)C1=CSCCO1. The normalized spacial score (nSPS) is 18.5. The van der Waals surface area contributed by atoms with Crippen molar-refractivity contribution in [2.24, 2.45) is 5.73 Å². The van der Waals surface area contributed by atoms with E-state index in [1.54, 1.807) is 24.1 Å². The molecule has 74 valence electrons. The predicted molar refractivity (Wildman–Crippen MR) is 51.1 cm³/mol. The summed E-state index contributed by atoms with van der Waals surface area (Å²) in [5, 5.41) is 1.77. The maximum absolute atomic E-state index is 11.2. The van der Waals surface area contributed by atoms with Gasteiger partial charge in [-0.1, -0.05) is 0 Å². The molecule has 0 saturated carbocycles. The van der Waals surface area contributed by atoms with Crippen LogP contribution in [0.25, 0.3) is 0 Å². The van der Waals surface area contributed by atoms with Gasteiger partial charge in [0.1, 0.15) is 5.76 Å². The van der Waals surface area contributed by atoms with Crippen LogP contribution < -0.4 is 5.73 Å². The van der Waals surface area contributed by atoms with Gasteiger partial charge >= 0.3 is 5.97 Å². The Morgan fingerprint density at radius 2 is 2.69 bits per heavy atom. The Hall–Kier alpha value is -0.680. The van der Waals surface area contributed by atoms with Crippen LogP contribution in [0, 0.1) is 0 Å². The summed E-state index contributed by atoms with van der Waals surface area (Å²) in [6, 6.07) is -0.771. The number of esters is 1. The van der Waals surface area contributed by atoms with Crippen LogP contribution in [0.4, 0.5) is 0 Å². The topological polar surface area (TPSA) is 61.5 Å². The van der Waals surface area contributed by atoms with Gasteiger partial charge < -0.3 is 15.2 Å². The van der Waals surface area contributed by atoms with E-state index >= 15 is 0 Å². The lowest BCUT2D eigenvalue weighted by atomic mass is 10.3. The molecular weight excluding hydrogens is 190 g/mol. The van der Waals surface area contributed by atoms with E-state index in [2.05, 4.69) is 0 Å². The van der Waals surface area contributed by atoms with Gasteiger partial charge in [-0.15, -0.1) is 11.8 Å². The van der Waals surface area contributed by atoms with Gasteiger partial charge in [-0.25, -0.2) is 4.79 Å². The van der Waals surface area contributed by atoms with Crippen LogP contribution in [0.3, 0.4) is 0 Å². The minimum atomic E-state index is -0.771. The van der Waals surface area contributed by atoms with Crippen molar-refractivity contribution in [1.82, 2.24) is 0 Å². The Morgan fingerprint density at radius 1 is 1.92 bits per heavy atom. The fourth-order valence-corrected chi connectivity index (χ4v) is 1.57. The third kappa shape index (κ3) is 2.93. The third-order valence-corrected chi connectivity index (χ3v) is 2.32. The van der Waals surface area contributed by atoms with E-state index < -0.39 is 12.0 Å². The number of carbonyl (C=O) groups excluding carboxylic acids is 1. The van der Waals surface area contributed by atoms with Gasteiger partial charge in [0.15, 0.2) is 6.04 Å². The molecule has 4 nitrogen and oxygen atoms in total. The Morgan fingerprint density at radius 3 is 3.23 bits per heavy atom. The summed E-state index contributed by atoms with van der Waals surface area (Å²) in [6.07, 6.45) is 0. The van der Waals surface area contributed by atoms with E-state index in [0.29, 0.717) is 19.0 Å². The zero-order valence-corrected chi connectivity index (χ0v) is 8.30. The lowest BCUT2D eigenvalue weighted by molar-refractivity contribution is -0.144. The maximum Gasteiger partial charge on any atom is 0.330 e. The molecule has 0 fully saturated rings. The molecule has 0 aromatic carbocycles. The average Bonchev–Trinajstić information content (AvgIpc) is 2.18. The predicted octanol–water partition coefficient (Wildman–Crippen LogP) is 0.482. The highest BCUT2D eigenvalue weighted by molar-refractivity contribution is 8.02.